The number of rotatable bonds is 6. The quantitative estimate of drug-likeness (QED) is 0.704. The molecule has 1 N–H and O–H groups in total. The lowest BCUT2D eigenvalue weighted by molar-refractivity contribution is -0.121. The minimum Gasteiger partial charge on any atom is -0.352 e. The van der Waals surface area contributed by atoms with Crippen molar-refractivity contribution in [1.29, 1.82) is 0 Å². The third-order valence-electron chi connectivity index (χ3n) is 4.83. The van der Waals surface area contributed by atoms with E-state index < -0.39 is 0 Å². The highest BCUT2D eigenvalue weighted by molar-refractivity contribution is 5.76. The van der Waals surface area contributed by atoms with Gasteiger partial charge in [-0.05, 0) is 47.6 Å². The van der Waals surface area contributed by atoms with Crippen LogP contribution >= 0.6 is 0 Å². The molecule has 0 aliphatic rings. The third kappa shape index (κ3) is 5.06. The number of hydrogen-bond acceptors (Lipinski definition) is 3. The van der Waals surface area contributed by atoms with E-state index in [9.17, 15) is 4.79 Å². The number of pyridine rings is 1. The summed E-state index contributed by atoms with van der Waals surface area (Å²) < 4.78 is 1.92. The number of aryl methyl sites for hydroxylation is 2. The Balaban J connectivity index is 1.51. The number of carbonyl (C=O) groups is 1. The van der Waals surface area contributed by atoms with Crippen LogP contribution in [0.2, 0.25) is 0 Å². The monoisotopic (exact) mass is 376 g/mol. The maximum atomic E-state index is 12.2. The van der Waals surface area contributed by atoms with Gasteiger partial charge in [0.25, 0.3) is 0 Å². The van der Waals surface area contributed by atoms with E-state index in [0.717, 1.165) is 23.6 Å². The molecule has 0 aliphatic heterocycles. The summed E-state index contributed by atoms with van der Waals surface area (Å²) in [6.45, 7) is 9.03. The molecule has 3 aromatic rings. The predicted octanol–water partition coefficient (Wildman–Crippen LogP) is 4.12. The van der Waals surface area contributed by atoms with Crippen LogP contribution in [-0.2, 0) is 23.2 Å². The molecule has 28 heavy (non-hydrogen) atoms. The number of benzene rings is 1. The standard InChI is InChI=1S/C23H28N4O/c1-17-24-13-14-27(17)21-15-19(11-12-25-21)16-26-22(28)10-7-18-5-8-20(9-6-18)23(2,3)4/h5-6,8-9,11-15H,7,10,16H2,1-4H3,(H,26,28). The predicted molar refractivity (Wildman–Crippen MR) is 111 cm³/mol. The molecule has 0 spiro atoms. The van der Waals surface area contributed by atoms with E-state index in [0.29, 0.717) is 13.0 Å². The van der Waals surface area contributed by atoms with Crippen LogP contribution < -0.4 is 5.32 Å². The molecule has 0 saturated heterocycles. The van der Waals surface area contributed by atoms with E-state index in [-0.39, 0.29) is 11.3 Å². The van der Waals surface area contributed by atoms with E-state index >= 15 is 0 Å². The molecule has 146 valence electrons. The van der Waals surface area contributed by atoms with Gasteiger partial charge < -0.3 is 5.32 Å². The average Bonchev–Trinajstić information content (AvgIpc) is 3.10. The summed E-state index contributed by atoms with van der Waals surface area (Å²) in [7, 11) is 0. The van der Waals surface area contributed by atoms with Crippen LogP contribution in [-0.4, -0.2) is 20.4 Å². The minimum atomic E-state index is 0.0528. The van der Waals surface area contributed by atoms with Gasteiger partial charge in [0.2, 0.25) is 5.91 Å². The van der Waals surface area contributed by atoms with Crippen molar-refractivity contribution in [3.8, 4) is 5.82 Å². The van der Waals surface area contributed by atoms with Gasteiger partial charge in [0.15, 0.2) is 0 Å². The topological polar surface area (TPSA) is 59.8 Å². The zero-order valence-electron chi connectivity index (χ0n) is 17.1. The highest BCUT2D eigenvalue weighted by atomic mass is 16.1. The molecule has 2 aromatic heterocycles. The van der Waals surface area contributed by atoms with Crippen molar-refractivity contribution in [2.45, 2.75) is 52.5 Å². The number of imidazole rings is 1. The smallest absolute Gasteiger partial charge is 0.220 e. The summed E-state index contributed by atoms with van der Waals surface area (Å²) in [6.07, 6.45) is 6.61. The molecule has 1 aromatic carbocycles. The fourth-order valence-corrected chi connectivity index (χ4v) is 3.04. The maximum Gasteiger partial charge on any atom is 0.220 e. The van der Waals surface area contributed by atoms with Crippen molar-refractivity contribution in [3.63, 3.8) is 0 Å². The van der Waals surface area contributed by atoms with Gasteiger partial charge in [-0.25, -0.2) is 9.97 Å². The fourth-order valence-electron chi connectivity index (χ4n) is 3.04. The van der Waals surface area contributed by atoms with Crippen molar-refractivity contribution in [3.05, 3.63) is 77.5 Å². The summed E-state index contributed by atoms with van der Waals surface area (Å²) in [5.41, 5.74) is 3.65. The van der Waals surface area contributed by atoms with Crippen molar-refractivity contribution >= 4 is 5.91 Å². The summed E-state index contributed by atoms with van der Waals surface area (Å²) in [4.78, 5) is 20.8. The van der Waals surface area contributed by atoms with Crippen molar-refractivity contribution in [2.24, 2.45) is 0 Å². The molecule has 0 fully saturated rings. The van der Waals surface area contributed by atoms with Gasteiger partial charge in [-0.1, -0.05) is 45.0 Å². The van der Waals surface area contributed by atoms with Crippen LogP contribution in [0.1, 0.15) is 49.7 Å². The Morgan fingerprint density at radius 1 is 1.04 bits per heavy atom. The van der Waals surface area contributed by atoms with Crippen molar-refractivity contribution < 1.29 is 4.79 Å². The summed E-state index contributed by atoms with van der Waals surface area (Å²) in [5, 5.41) is 3.00. The first-order chi connectivity index (χ1) is 13.3. The number of carbonyl (C=O) groups excluding carboxylic acids is 1. The highest BCUT2D eigenvalue weighted by Crippen LogP contribution is 2.22. The van der Waals surface area contributed by atoms with Crippen LogP contribution in [0.25, 0.3) is 5.82 Å². The Kier molecular flexibility index (Phi) is 5.93. The number of nitrogens with zero attached hydrogens (tertiary/aromatic N) is 3. The summed E-state index contributed by atoms with van der Waals surface area (Å²) in [6, 6.07) is 12.4. The molecule has 0 radical (unpaired) electrons. The molecule has 0 saturated carbocycles. The second kappa shape index (κ2) is 8.38. The molecule has 0 unspecified atom stereocenters. The Morgan fingerprint density at radius 3 is 2.43 bits per heavy atom. The molecule has 0 bridgehead atoms. The number of nitrogens with one attached hydrogen (secondary N) is 1. The molecular formula is C23H28N4O. The summed E-state index contributed by atoms with van der Waals surface area (Å²) in [5.74, 6) is 1.74. The van der Waals surface area contributed by atoms with Gasteiger partial charge >= 0.3 is 0 Å². The van der Waals surface area contributed by atoms with Crippen LogP contribution in [0.3, 0.4) is 0 Å². The lowest BCUT2D eigenvalue weighted by Crippen LogP contribution is -2.23. The first-order valence-electron chi connectivity index (χ1n) is 9.64. The molecule has 5 nitrogen and oxygen atoms in total. The van der Waals surface area contributed by atoms with Crippen LogP contribution in [0.4, 0.5) is 0 Å². The molecule has 2 heterocycles. The average molecular weight is 377 g/mol. The Morgan fingerprint density at radius 2 is 1.79 bits per heavy atom. The second-order valence-corrected chi connectivity index (χ2v) is 8.09. The van der Waals surface area contributed by atoms with Crippen LogP contribution in [0.15, 0.2) is 55.0 Å². The van der Waals surface area contributed by atoms with E-state index in [2.05, 4.69) is 60.3 Å². The maximum absolute atomic E-state index is 12.2. The Hall–Kier alpha value is -2.95. The zero-order chi connectivity index (χ0) is 20.1. The SMILES string of the molecule is Cc1nccn1-c1cc(CNC(=O)CCc2ccc(C(C)(C)C)cc2)ccn1. The molecular weight excluding hydrogens is 348 g/mol. The Bertz CT molecular complexity index is 936. The minimum absolute atomic E-state index is 0.0528. The lowest BCUT2D eigenvalue weighted by atomic mass is 9.86. The lowest BCUT2D eigenvalue weighted by Gasteiger charge is -2.19. The molecule has 0 atom stereocenters. The largest absolute Gasteiger partial charge is 0.352 e. The van der Waals surface area contributed by atoms with Crippen molar-refractivity contribution in [1.82, 2.24) is 19.9 Å². The molecule has 5 heteroatoms. The first kappa shape index (κ1) is 19.8. The fraction of sp³-hybridized carbons (Fsp3) is 0.348. The molecule has 3 rings (SSSR count). The van der Waals surface area contributed by atoms with Gasteiger partial charge in [0, 0.05) is 31.6 Å². The van der Waals surface area contributed by atoms with Crippen LogP contribution in [0.5, 0.6) is 0 Å². The van der Waals surface area contributed by atoms with E-state index in [1.165, 1.54) is 11.1 Å². The second-order valence-electron chi connectivity index (χ2n) is 8.09. The van der Waals surface area contributed by atoms with Crippen LogP contribution in [0, 0.1) is 6.92 Å². The van der Waals surface area contributed by atoms with Crippen molar-refractivity contribution in [2.75, 3.05) is 0 Å². The van der Waals surface area contributed by atoms with Gasteiger partial charge in [0.05, 0.1) is 0 Å². The normalized spacial score (nSPS) is 11.4. The van der Waals surface area contributed by atoms with E-state index in [4.69, 9.17) is 0 Å². The van der Waals surface area contributed by atoms with E-state index in [1.807, 2.05) is 29.8 Å². The zero-order valence-corrected chi connectivity index (χ0v) is 17.1. The van der Waals surface area contributed by atoms with Gasteiger partial charge in [-0.2, -0.15) is 0 Å². The Labute approximate surface area is 166 Å². The van der Waals surface area contributed by atoms with Gasteiger partial charge in [0.1, 0.15) is 11.6 Å². The first-order valence-corrected chi connectivity index (χ1v) is 9.64. The number of aromatic nitrogens is 3. The highest BCUT2D eigenvalue weighted by Gasteiger charge is 2.13. The molecule has 0 aliphatic carbocycles. The third-order valence-corrected chi connectivity index (χ3v) is 4.83. The number of amides is 1. The van der Waals surface area contributed by atoms with Gasteiger partial charge in [-0.15, -0.1) is 0 Å². The summed E-state index contributed by atoms with van der Waals surface area (Å²) >= 11 is 0. The van der Waals surface area contributed by atoms with E-state index in [1.54, 1.807) is 12.4 Å². The van der Waals surface area contributed by atoms with Gasteiger partial charge in [-0.3, -0.25) is 9.36 Å². The number of hydrogen-bond donors (Lipinski definition) is 1. The molecule has 1 amide bonds.